The third-order valence-electron chi connectivity index (χ3n) is 5.98. The van der Waals surface area contributed by atoms with Crippen LogP contribution >= 0.6 is 0 Å². The molecule has 2 aliphatic rings. The maximum Gasteiger partial charge on any atom is 0.225 e. The topological polar surface area (TPSA) is 64.6 Å². The number of carbonyl (C=O) groups excluding carboxylic acids is 2. The molecule has 2 unspecified atom stereocenters. The highest BCUT2D eigenvalue weighted by molar-refractivity contribution is 6.02. The average molecular weight is 391 g/mol. The molecule has 1 aliphatic heterocycles. The summed E-state index contributed by atoms with van der Waals surface area (Å²) in [5, 5.41) is 2.98. The van der Waals surface area contributed by atoms with Gasteiger partial charge in [-0.2, -0.15) is 0 Å². The second kappa shape index (κ2) is 7.74. The summed E-state index contributed by atoms with van der Waals surface area (Å²) in [6.07, 6.45) is 1.29. The summed E-state index contributed by atoms with van der Waals surface area (Å²) in [5.74, 6) is 1.25. The van der Waals surface area contributed by atoms with Crippen molar-refractivity contribution in [3.8, 4) is 11.5 Å². The van der Waals surface area contributed by atoms with E-state index in [9.17, 15) is 9.59 Å². The largest absolute Gasteiger partial charge is 0.497 e. The molecule has 5 heteroatoms. The number of methoxy groups -OCH3 is 2. The molecule has 1 amide bonds. The van der Waals surface area contributed by atoms with E-state index >= 15 is 0 Å². The SMILES string of the molecule is COc1ccc(OC)c(C2CC(=O)C3=C(C2)NC(=O)CC3c2ccccc2C)c1. The van der Waals surface area contributed by atoms with Crippen LogP contribution in [0.5, 0.6) is 11.5 Å². The first-order valence-corrected chi connectivity index (χ1v) is 9.85. The van der Waals surface area contributed by atoms with Gasteiger partial charge in [0, 0.05) is 41.5 Å². The standard InChI is InChI=1S/C24H25NO4/c1-14-6-4-5-7-17(14)19-13-23(27)25-20-10-15(11-21(26)24(19)20)18-12-16(28-2)8-9-22(18)29-3/h4-9,12,15,19H,10-11,13H2,1-3H3,(H,25,27). The van der Waals surface area contributed by atoms with Gasteiger partial charge in [-0.25, -0.2) is 0 Å². The first-order chi connectivity index (χ1) is 14.0. The van der Waals surface area contributed by atoms with Crippen molar-refractivity contribution in [2.45, 2.75) is 38.0 Å². The molecular formula is C24H25NO4. The number of hydrogen-bond donors (Lipinski definition) is 1. The Morgan fingerprint density at radius 2 is 1.72 bits per heavy atom. The highest BCUT2D eigenvalue weighted by Crippen LogP contribution is 2.45. The number of rotatable bonds is 4. The molecule has 0 saturated carbocycles. The lowest BCUT2D eigenvalue weighted by Crippen LogP contribution is -2.38. The summed E-state index contributed by atoms with van der Waals surface area (Å²) in [7, 11) is 3.24. The Hall–Kier alpha value is -3.08. The Kier molecular flexibility index (Phi) is 5.14. The van der Waals surface area contributed by atoms with Crippen LogP contribution in [-0.4, -0.2) is 25.9 Å². The lowest BCUT2D eigenvalue weighted by molar-refractivity contribution is -0.122. The number of ketones is 1. The highest BCUT2D eigenvalue weighted by Gasteiger charge is 2.39. The van der Waals surface area contributed by atoms with Crippen LogP contribution in [-0.2, 0) is 9.59 Å². The molecule has 0 fully saturated rings. The third kappa shape index (κ3) is 3.53. The van der Waals surface area contributed by atoms with Crippen molar-refractivity contribution < 1.29 is 19.1 Å². The van der Waals surface area contributed by atoms with Gasteiger partial charge >= 0.3 is 0 Å². The van der Waals surface area contributed by atoms with Crippen molar-refractivity contribution in [2.24, 2.45) is 0 Å². The predicted octanol–water partition coefficient (Wildman–Crippen LogP) is 4.02. The first kappa shape index (κ1) is 19.2. The Balaban J connectivity index is 1.75. The molecule has 4 rings (SSSR count). The van der Waals surface area contributed by atoms with E-state index in [2.05, 4.69) is 5.32 Å². The van der Waals surface area contributed by atoms with Gasteiger partial charge in [0.25, 0.3) is 0 Å². The second-order valence-electron chi connectivity index (χ2n) is 7.69. The molecule has 0 aromatic heterocycles. The van der Waals surface area contributed by atoms with E-state index in [4.69, 9.17) is 9.47 Å². The van der Waals surface area contributed by atoms with Crippen LogP contribution in [0.3, 0.4) is 0 Å². The van der Waals surface area contributed by atoms with E-state index in [0.29, 0.717) is 19.3 Å². The molecule has 2 aromatic carbocycles. The van der Waals surface area contributed by atoms with Crippen LogP contribution in [0, 0.1) is 6.92 Å². The van der Waals surface area contributed by atoms with Crippen molar-refractivity contribution in [1.29, 1.82) is 0 Å². The van der Waals surface area contributed by atoms with E-state index in [-0.39, 0.29) is 23.5 Å². The first-order valence-electron chi connectivity index (χ1n) is 9.85. The summed E-state index contributed by atoms with van der Waals surface area (Å²) < 4.78 is 10.9. The normalized spacial score (nSPS) is 21.5. The number of hydrogen-bond acceptors (Lipinski definition) is 4. The van der Waals surface area contributed by atoms with E-state index in [0.717, 1.165) is 39.5 Å². The molecule has 0 bridgehead atoms. The number of amides is 1. The summed E-state index contributed by atoms with van der Waals surface area (Å²) in [6, 6.07) is 13.6. The van der Waals surface area contributed by atoms with E-state index < -0.39 is 0 Å². The third-order valence-corrected chi connectivity index (χ3v) is 5.98. The maximum atomic E-state index is 13.3. The lowest BCUT2D eigenvalue weighted by Gasteiger charge is -2.35. The molecule has 2 atom stereocenters. The molecule has 0 radical (unpaired) electrons. The molecular weight excluding hydrogens is 366 g/mol. The fraction of sp³-hybridized carbons (Fsp3) is 0.333. The van der Waals surface area contributed by atoms with Crippen molar-refractivity contribution in [2.75, 3.05) is 14.2 Å². The summed E-state index contributed by atoms with van der Waals surface area (Å²) in [4.78, 5) is 25.8. The van der Waals surface area contributed by atoms with Crippen molar-refractivity contribution in [3.05, 3.63) is 70.4 Å². The fourth-order valence-corrected chi connectivity index (χ4v) is 4.58. The van der Waals surface area contributed by atoms with Crippen molar-refractivity contribution >= 4 is 11.7 Å². The second-order valence-corrected chi connectivity index (χ2v) is 7.69. The smallest absolute Gasteiger partial charge is 0.225 e. The van der Waals surface area contributed by atoms with Gasteiger partial charge in [0.1, 0.15) is 11.5 Å². The molecule has 1 aliphatic carbocycles. The number of ether oxygens (including phenoxy) is 2. The van der Waals surface area contributed by atoms with E-state index in [1.807, 2.05) is 49.4 Å². The molecule has 150 valence electrons. The highest BCUT2D eigenvalue weighted by atomic mass is 16.5. The number of benzene rings is 2. The lowest BCUT2D eigenvalue weighted by atomic mass is 9.72. The summed E-state index contributed by atoms with van der Waals surface area (Å²) >= 11 is 0. The van der Waals surface area contributed by atoms with Gasteiger partial charge in [0.15, 0.2) is 5.78 Å². The van der Waals surface area contributed by atoms with Gasteiger partial charge in [-0.05, 0) is 42.7 Å². The van der Waals surface area contributed by atoms with Gasteiger partial charge in [0.05, 0.1) is 14.2 Å². The van der Waals surface area contributed by atoms with Crippen LogP contribution in [0.2, 0.25) is 0 Å². The Labute approximate surface area is 170 Å². The number of allylic oxidation sites excluding steroid dienone is 2. The fourth-order valence-electron chi connectivity index (χ4n) is 4.58. The van der Waals surface area contributed by atoms with Crippen LogP contribution in [0.15, 0.2) is 53.7 Å². The molecule has 0 saturated heterocycles. The predicted molar refractivity (Wildman–Crippen MR) is 110 cm³/mol. The van der Waals surface area contributed by atoms with Gasteiger partial charge in [-0.1, -0.05) is 24.3 Å². The van der Waals surface area contributed by atoms with Gasteiger partial charge in [-0.3, -0.25) is 9.59 Å². The monoisotopic (exact) mass is 391 g/mol. The minimum Gasteiger partial charge on any atom is -0.497 e. The molecule has 5 nitrogen and oxygen atoms in total. The number of aryl methyl sites for hydroxylation is 1. The van der Waals surface area contributed by atoms with E-state index in [1.165, 1.54) is 0 Å². The number of carbonyl (C=O) groups is 2. The van der Waals surface area contributed by atoms with Gasteiger partial charge in [-0.15, -0.1) is 0 Å². The maximum absolute atomic E-state index is 13.3. The number of nitrogens with one attached hydrogen (secondary N) is 1. The van der Waals surface area contributed by atoms with Crippen LogP contribution in [0.1, 0.15) is 47.8 Å². The average Bonchev–Trinajstić information content (AvgIpc) is 2.72. The van der Waals surface area contributed by atoms with Crippen molar-refractivity contribution in [3.63, 3.8) is 0 Å². The Morgan fingerprint density at radius 1 is 0.931 bits per heavy atom. The molecule has 2 aromatic rings. The van der Waals surface area contributed by atoms with Crippen LogP contribution in [0.4, 0.5) is 0 Å². The molecule has 1 N–H and O–H groups in total. The van der Waals surface area contributed by atoms with E-state index in [1.54, 1.807) is 14.2 Å². The van der Waals surface area contributed by atoms with Gasteiger partial charge in [0.2, 0.25) is 5.91 Å². The zero-order valence-corrected chi connectivity index (χ0v) is 17.0. The van der Waals surface area contributed by atoms with Crippen molar-refractivity contribution in [1.82, 2.24) is 5.32 Å². The minimum atomic E-state index is -0.180. The van der Waals surface area contributed by atoms with Crippen LogP contribution < -0.4 is 14.8 Å². The Bertz CT molecular complexity index is 1010. The van der Waals surface area contributed by atoms with Crippen LogP contribution in [0.25, 0.3) is 0 Å². The Morgan fingerprint density at radius 3 is 2.45 bits per heavy atom. The zero-order valence-electron chi connectivity index (χ0n) is 17.0. The molecule has 1 heterocycles. The zero-order chi connectivity index (χ0) is 20.5. The summed E-state index contributed by atoms with van der Waals surface area (Å²) in [5.41, 5.74) is 4.60. The van der Waals surface area contributed by atoms with Gasteiger partial charge < -0.3 is 14.8 Å². The summed E-state index contributed by atoms with van der Waals surface area (Å²) in [6.45, 7) is 2.03. The molecule has 29 heavy (non-hydrogen) atoms. The quantitative estimate of drug-likeness (QED) is 0.855. The molecule has 0 spiro atoms. The number of Topliss-reactive ketones (excluding diaryl/α,β-unsaturated/α-hetero) is 1. The minimum absolute atomic E-state index is 0.0388.